The van der Waals surface area contributed by atoms with Gasteiger partial charge in [-0.15, -0.1) is 0 Å². The highest BCUT2D eigenvalue weighted by Gasteiger charge is 2.12. The Hall–Kier alpha value is -2.17. The van der Waals surface area contributed by atoms with Crippen molar-refractivity contribution in [3.8, 4) is 11.5 Å². The number of oxazole rings is 1. The van der Waals surface area contributed by atoms with E-state index >= 15 is 0 Å². The number of nitrogens with zero attached hydrogens (tertiary/aromatic N) is 1. The van der Waals surface area contributed by atoms with E-state index in [1.807, 2.05) is 0 Å². The molecule has 5 heteroatoms. The van der Waals surface area contributed by atoms with Gasteiger partial charge in [0.1, 0.15) is 12.1 Å². The predicted molar refractivity (Wildman–Crippen MR) is 53.2 cm³/mol. The first-order chi connectivity index (χ1) is 7.66. The maximum atomic E-state index is 13.3. The monoisotopic (exact) mass is 221 g/mol. The molecule has 82 valence electrons. The highest BCUT2D eigenvalue weighted by atomic mass is 19.1. The molecule has 0 aliphatic carbocycles. The quantitative estimate of drug-likeness (QED) is 0.862. The van der Waals surface area contributed by atoms with Crippen molar-refractivity contribution in [2.24, 2.45) is 0 Å². The summed E-state index contributed by atoms with van der Waals surface area (Å²) in [6, 6.07) is 6.02. The van der Waals surface area contributed by atoms with Gasteiger partial charge in [0, 0.05) is 0 Å². The minimum absolute atomic E-state index is 0.0920. The molecule has 2 aromatic rings. The summed E-state index contributed by atoms with van der Waals surface area (Å²) in [5.41, 5.74) is 0.491. The van der Waals surface area contributed by atoms with E-state index in [4.69, 9.17) is 9.52 Å². The number of benzene rings is 1. The molecule has 0 atom stereocenters. The van der Waals surface area contributed by atoms with Crippen LogP contribution in [-0.4, -0.2) is 16.1 Å². The number of carboxylic acid groups (broad SMARTS) is 1. The largest absolute Gasteiger partial charge is 0.481 e. The van der Waals surface area contributed by atoms with Gasteiger partial charge in [0.15, 0.2) is 0 Å². The molecule has 0 aliphatic rings. The van der Waals surface area contributed by atoms with E-state index in [9.17, 15) is 9.18 Å². The van der Waals surface area contributed by atoms with Gasteiger partial charge >= 0.3 is 5.97 Å². The molecule has 1 aromatic heterocycles. The molecule has 4 nitrogen and oxygen atoms in total. The standard InChI is InChI=1S/C11H8FNO3/c12-9-4-2-1-3-8(9)11-13-7(6-16-11)5-10(14)15/h1-4,6H,5H2,(H,14,15). The molecule has 2 rings (SSSR count). The average Bonchev–Trinajstić information content (AvgIpc) is 2.66. The van der Waals surface area contributed by atoms with E-state index in [0.29, 0.717) is 0 Å². The Balaban J connectivity index is 2.32. The average molecular weight is 221 g/mol. The normalized spacial score (nSPS) is 10.3. The van der Waals surface area contributed by atoms with Gasteiger partial charge in [0.05, 0.1) is 17.7 Å². The number of hydrogen-bond donors (Lipinski definition) is 1. The molecule has 0 bridgehead atoms. The third kappa shape index (κ3) is 2.08. The van der Waals surface area contributed by atoms with E-state index in [0.717, 1.165) is 0 Å². The Kier molecular flexibility index (Phi) is 2.68. The van der Waals surface area contributed by atoms with Crippen LogP contribution < -0.4 is 0 Å². The minimum Gasteiger partial charge on any atom is -0.481 e. The molecule has 1 heterocycles. The molecule has 16 heavy (non-hydrogen) atoms. The van der Waals surface area contributed by atoms with Crippen LogP contribution in [0.2, 0.25) is 0 Å². The fourth-order valence-electron chi connectivity index (χ4n) is 1.30. The first-order valence-corrected chi connectivity index (χ1v) is 4.58. The molecule has 1 N–H and O–H groups in total. The Morgan fingerprint density at radius 3 is 2.88 bits per heavy atom. The number of carbonyl (C=O) groups is 1. The second kappa shape index (κ2) is 4.14. The molecule has 0 amide bonds. The molecular formula is C11H8FNO3. The third-order valence-corrected chi connectivity index (χ3v) is 1.99. The van der Waals surface area contributed by atoms with E-state index in [-0.39, 0.29) is 23.6 Å². The topological polar surface area (TPSA) is 63.3 Å². The Morgan fingerprint density at radius 2 is 2.19 bits per heavy atom. The van der Waals surface area contributed by atoms with Crippen LogP contribution in [0.3, 0.4) is 0 Å². The summed E-state index contributed by atoms with van der Waals surface area (Å²) in [7, 11) is 0. The highest BCUT2D eigenvalue weighted by molar-refractivity contribution is 5.69. The molecule has 0 spiro atoms. The van der Waals surface area contributed by atoms with Crippen molar-refractivity contribution in [2.45, 2.75) is 6.42 Å². The summed E-state index contributed by atoms with van der Waals surface area (Å²) in [6.45, 7) is 0. The van der Waals surface area contributed by atoms with Crippen molar-refractivity contribution >= 4 is 5.97 Å². The van der Waals surface area contributed by atoms with Crippen molar-refractivity contribution in [2.75, 3.05) is 0 Å². The molecule has 0 fully saturated rings. The maximum Gasteiger partial charge on any atom is 0.309 e. The molecule has 0 radical (unpaired) electrons. The second-order valence-corrected chi connectivity index (χ2v) is 3.19. The van der Waals surface area contributed by atoms with Gasteiger partial charge in [-0.25, -0.2) is 9.37 Å². The van der Waals surface area contributed by atoms with Gasteiger partial charge in [-0.3, -0.25) is 4.79 Å². The second-order valence-electron chi connectivity index (χ2n) is 3.19. The first kappa shape index (κ1) is 10.4. The first-order valence-electron chi connectivity index (χ1n) is 4.58. The van der Waals surface area contributed by atoms with E-state index in [2.05, 4.69) is 4.98 Å². The molecule has 0 saturated carbocycles. The van der Waals surface area contributed by atoms with Crippen LogP contribution in [0.15, 0.2) is 34.9 Å². The van der Waals surface area contributed by atoms with Crippen molar-refractivity contribution in [3.05, 3.63) is 42.0 Å². The predicted octanol–water partition coefficient (Wildman–Crippen LogP) is 2.11. The number of aliphatic carboxylic acids is 1. The molecule has 0 aliphatic heterocycles. The van der Waals surface area contributed by atoms with Crippen LogP contribution in [0.25, 0.3) is 11.5 Å². The van der Waals surface area contributed by atoms with Crippen LogP contribution in [0.5, 0.6) is 0 Å². The zero-order chi connectivity index (χ0) is 11.5. The summed E-state index contributed by atoms with van der Waals surface area (Å²) in [4.78, 5) is 14.3. The lowest BCUT2D eigenvalue weighted by Gasteiger charge is -1.95. The summed E-state index contributed by atoms with van der Waals surface area (Å²) >= 11 is 0. The van der Waals surface area contributed by atoms with Crippen LogP contribution >= 0.6 is 0 Å². The van der Waals surface area contributed by atoms with E-state index in [1.54, 1.807) is 12.1 Å². The Morgan fingerprint density at radius 1 is 1.44 bits per heavy atom. The molecule has 1 aromatic carbocycles. The van der Waals surface area contributed by atoms with Gasteiger partial charge < -0.3 is 9.52 Å². The number of aromatic nitrogens is 1. The number of hydrogen-bond acceptors (Lipinski definition) is 3. The van der Waals surface area contributed by atoms with Crippen LogP contribution in [-0.2, 0) is 11.2 Å². The number of halogens is 1. The van der Waals surface area contributed by atoms with Gasteiger partial charge in [-0.2, -0.15) is 0 Å². The minimum atomic E-state index is -1.01. The maximum absolute atomic E-state index is 13.3. The SMILES string of the molecule is O=C(O)Cc1coc(-c2ccccc2F)n1. The lowest BCUT2D eigenvalue weighted by atomic mass is 10.2. The van der Waals surface area contributed by atoms with Gasteiger partial charge in [0.2, 0.25) is 5.89 Å². The van der Waals surface area contributed by atoms with Crippen molar-refractivity contribution < 1.29 is 18.7 Å². The lowest BCUT2D eigenvalue weighted by Crippen LogP contribution is -1.99. The Labute approximate surface area is 90.4 Å². The van der Waals surface area contributed by atoms with Crippen LogP contribution in [0.4, 0.5) is 4.39 Å². The number of rotatable bonds is 3. The van der Waals surface area contributed by atoms with Gasteiger partial charge in [0.25, 0.3) is 0 Å². The molecule has 0 unspecified atom stereocenters. The van der Waals surface area contributed by atoms with Crippen molar-refractivity contribution in [3.63, 3.8) is 0 Å². The third-order valence-electron chi connectivity index (χ3n) is 1.99. The molecule has 0 saturated heterocycles. The highest BCUT2D eigenvalue weighted by Crippen LogP contribution is 2.21. The summed E-state index contributed by atoms with van der Waals surface area (Å²) < 4.78 is 18.3. The fourth-order valence-corrected chi connectivity index (χ4v) is 1.30. The van der Waals surface area contributed by atoms with Crippen molar-refractivity contribution in [1.29, 1.82) is 0 Å². The summed E-state index contributed by atoms with van der Waals surface area (Å²) in [5.74, 6) is -1.37. The smallest absolute Gasteiger partial charge is 0.309 e. The van der Waals surface area contributed by atoms with Crippen LogP contribution in [0, 0.1) is 5.82 Å². The van der Waals surface area contributed by atoms with E-state index < -0.39 is 11.8 Å². The summed E-state index contributed by atoms with van der Waals surface area (Å²) in [5, 5.41) is 8.55. The van der Waals surface area contributed by atoms with E-state index in [1.165, 1.54) is 18.4 Å². The zero-order valence-corrected chi connectivity index (χ0v) is 8.18. The fraction of sp³-hybridized carbons (Fsp3) is 0.0909. The Bertz CT molecular complexity index is 521. The van der Waals surface area contributed by atoms with Crippen LogP contribution in [0.1, 0.15) is 5.69 Å². The van der Waals surface area contributed by atoms with Gasteiger partial charge in [-0.1, -0.05) is 12.1 Å². The molecular weight excluding hydrogens is 213 g/mol. The van der Waals surface area contributed by atoms with Gasteiger partial charge in [-0.05, 0) is 12.1 Å². The zero-order valence-electron chi connectivity index (χ0n) is 8.18. The summed E-state index contributed by atoms with van der Waals surface area (Å²) in [6.07, 6.45) is 0.980. The number of carboxylic acids is 1. The lowest BCUT2D eigenvalue weighted by molar-refractivity contribution is -0.136. The van der Waals surface area contributed by atoms with Crippen molar-refractivity contribution in [1.82, 2.24) is 4.98 Å².